The molecule has 0 aliphatic rings. The molecule has 1 aromatic heterocycles. The second-order valence-corrected chi connectivity index (χ2v) is 6.25. The van der Waals surface area contributed by atoms with Crippen LogP contribution in [0, 0.1) is 6.92 Å². The molecule has 0 aliphatic heterocycles. The molecule has 0 aliphatic carbocycles. The number of amides is 2. The van der Waals surface area contributed by atoms with Crippen molar-refractivity contribution in [1.82, 2.24) is 4.98 Å². The number of nitrogens with one attached hydrogen (secondary N) is 2. The van der Waals surface area contributed by atoms with Crippen LogP contribution in [0.4, 0.5) is 16.2 Å². The summed E-state index contributed by atoms with van der Waals surface area (Å²) in [6, 6.07) is 19.5. The SMILES string of the molecule is CCCc1ccccc1NC(=O)Nc1ccc(-c2ccnc(C)c2)cc1. The second-order valence-electron chi connectivity index (χ2n) is 6.25. The van der Waals surface area contributed by atoms with E-state index in [1.807, 2.05) is 67.6 Å². The van der Waals surface area contributed by atoms with Crippen LogP contribution < -0.4 is 10.6 Å². The van der Waals surface area contributed by atoms with E-state index in [4.69, 9.17) is 0 Å². The number of nitrogens with zero attached hydrogens (tertiary/aromatic N) is 1. The lowest BCUT2D eigenvalue weighted by Crippen LogP contribution is -2.20. The molecule has 3 rings (SSSR count). The topological polar surface area (TPSA) is 54.0 Å². The average molecular weight is 345 g/mol. The maximum Gasteiger partial charge on any atom is 0.323 e. The fourth-order valence-electron chi connectivity index (χ4n) is 2.89. The fourth-order valence-corrected chi connectivity index (χ4v) is 2.89. The molecule has 0 radical (unpaired) electrons. The zero-order valence-electron chi connectivity index (χ0n) is 15.1. The van der Waals surface area contributed by atoms with Gasteiger partial charge >= 0.3 is 6.03 Å². The van der Waals surface area contributed by atoms with Crippen LogP contribution in [-0.4, -0.2) is 11.0 Å². The molecule has 0 saturated heterocycles. The number of anilines is 2. The van der Waals surface area contributed by atoms with E-state index in [2.05, 4.69) is 22.5 Å². The van der Waals surface area contributed by atoms with Crippen LogP contribution in [0.3, 0.4) is 0 Å². The smallest absolute Gasteiger partial charge is 0.308 e. The van der Waals surface area contributed by atoms with Crippen molar-refractivity contribution in [3.8, 4) is 11.1 Å². The number of hydrogen-bond acceptors (Lipinski definition) is 2. The molecule has 0 atom stereocenters. The Morgan fingerprint density at radius 1 is 0.962 bits per heavy atom. The van der Waals surface area contributed by atoms with Crippen LogP contribution in [0.1, 0.15) is 24.6 Å². The molecule has 2 N–H and O–H groups in total. The van der Waals surface area contributed by atoms with Crippen molar-refractivity contribution in [2.75, 3.05) is 10.6 Å². The number of rotatable bonds is 5. The summed E-state index contributed by atoms with van der Waals surface area (Å²) >= 11 is 0. The monoisotopic (exact) mass is 345 g/mol. The number of urea groups is 1. The summed E-state index contributed by atoms with van der Waals surface area (Å²) in [5, 5.41) is 5.83. The first-order chi connectivity index (χ1) is 12.7. The Morgan fingerprint density at radius 2 is 1.73 bits per heavy atom. The third kappa shape index (κ3) is 4.48. The second kappa shape index (κ2) is 8.30. The molecule has 4 nitrogen and oxygen atoms in total. The zero-order chi connectivity index (χ0) is 18.4. The van der Waals surface area contributed by atoms with Gasteiger partial charge in [-0.2, -0.15) is 0 Å². The van der Waals surface area contributed by atoms with E-state index < -0.39 is 0 Å². The number of carbonyl (C=O) groups excluding carboxylic acids is 1. The quantitative estimate of drug-likeness (QED) is 0.627. The Labute approximate surface area is 154 Å². The molecular weight excluding hydrogens is 322 g/mol. The predicted octanol–water partition coefficient (Wildman–Crippen LogP) is 5.65. The van der Waals surface area contributed by atoms with Crippen LogP contribution in [0.2, 0.25) is 0 Å². The summed E-state index contributed by atoms with van der Waals surface area (Å²) in [5.74, 6) is 0. The number of hydrogen-bond donors (Lipinski definition) is 2. The molecule has 132 valence electrons. The Morgan fingerprint density at radius 3 is 2.46 bits per heavy atom. The maximum absolute atomic E-state index is 12.3. The summed E-state index contributed by atoms with van der Waals surface area (Å²) in [5.41, 5.74) is 5.95. The minimum Gasteiger partial charge on any atom is -0.308 e. The molecule has 1 heterocycles. The van der Waals surface area contributed by atoms with Crippen LogP contribution in [-0.2, 0) is 6.42 Å². The number of para-hydroxylation sites is 1. The molecule has 0 spiro atoms. The van der Waals surface area contributed by atoms with Gasteiger partial charge in [0.25, 0.3) is 0 Å². The van der Waals surface area contributed by atoms with Crippen molar-refractivity contribution >= 4 is 17.4 Å². The van der Waals surface area contributed by atoms with Gasteiger partial charge < -0.3 is 10.6 Å². The fraction of sp³-hybridized carbons (Fsp3) is 0.182. The van der Waals surface area contributed by atoms with Crippen LogP contribution >= 0.6 is 0 Å². The Kier molecular flexibility index (Phi) is 5.64. The van der Waals surface area contributed by atoms with Crippen molar-refractivity contribution in [1.29, 1.82) is 0 Å². The summed E-state index contributed by atoms with van der Waals surface area (Å²) in [4.78, 5) is 16.5. The van der Waals surface area contributed by atoms with E-state index in [1.165, 1.54) is 0 Å². The van der Waals surface area contributed by atoms with Gasteiger partial charge in [0, 0.05) is 23.3 Å². The summed E-state index contributed by atoms with van der Waals surface area (Å²) in [7, 11) is 0. The molecule has 2 amide bonds. The highest BCUT2D eigenvalue weighted by Gasteiger charge is 2.07. The predicted molar refractivity (Wildman–Crippen MR) is 107 cm³/mol. The zero-order valence-corrected chi connectivity index (χ0v) is 15.1. The minimum absolute atomic E-state index is 0.235. The number of pyridine rings is 1. The van der Waals surface area contributed by atoms with Gasteiger partial charge in [-0.25, -0.2) is 4.79 Å². The van der Waals surface area contributed by atoms with Crippen molar-refractivity contribution < 1.29 is 4.79 Å². The Balaban J connectivity index is 1.67. The van der Waals surface area contributed by atoms with Gasteiger partial charge in [0.05, 0.1) is 0 Å². The van der Waals surface area contributed by atoms with E-state index >= 15 is 0 Å². The van der Waals surface area contributed by atoms with Gasteiger partial charge in [0.2, 0.25) is 0 Å². The van der Waals surface area contributed by atoms with E-state index in [0.717, 1.165) is 46.6 Å². The van der Waals surface area contributed by atoms with Crippen molar-refractivity contribution in [3.05, 3.63) is 78.1 Å². The summed E-state index contributed by atoms with van der Waals surface area (Å²) < 4.78 is 0. The van der Waals surface area contributed by atoms with E-state index in [1.54, 1.807) is 6.20 Å². The molecule has 0 bridgehead atoms. The van der Waals surface area contributed by atoms with Gasteiger partial charge in [0.1, 0.15) is 0 Å². The van der Waals surface area contributed by atoms with Crippen LogP contribution in [0.15, 0.2) is 66.9 Å². The van der Waals surface area contributed by atoms with E-state index in [-0.39, 0.29) is 6.03 Å². The Hall–Kier alpha value is -3.14. The third-order valence-corrected chi connectivity index (χ3v) is 4.16. The first-order valence-corrected chi connectivity index (χ1v) is 8.84. The van der Waals surface area contributed by atoms with Gasteiger partial charge in [0.15, 0.2) is 0 Å². The largest absolute Gasteiger partial charge is 0.323 e. The highest BCUT2D eigenvalue weighted by atomic mass is 16.2. The average Bonchev–Trinajstić information content (AvgIpc) is 2.64. The van der Waals surface area contributed by atoms with Gasteiger partial charge in [-0.3, -0.25) is 4.98 Å². The minimum atomic E-state index is -0.235. The lowest BCUT2D eigenvalue weighted by Gasteiger charge is -2.12. The standard InChI is InChI=1S/C22H23N3O/c1-3-6-18-7-4-5-8-21(18)25-22(26)24-20-11-9-17(10-12-20)19-13-14-23-16(2)15-19/h4-5,7-15H,3,6H2,1-2H3,(H2,24,25,26). The molecule has 0 fully saturated rings. The summed E-state index contributed by atoms with van der Waals surface area (Å²) in [6.45, 7) is 4.10. The number of aromatic nitrogens is 1. The first-order valence-electron chi connectivity index (χ1n) is 8.84. The lowest BCUT2D eigenvalue weighted by atomic mass is 10.1. The van der Waals surface area contributed by atoms with Gasteiger partial charge in [-0.15, -0.1) is 0 Å². The number of aryl methyl sites for hydroxylation is 2. The lowest BCUT2D eigenvalue weighted by molar-refractivity contribution is 0.262. The molecule has 26 heavy (non-hydrogen) atoms. The molecule has 0 saturated carbocycles. The highest BCUT2D eigenvalue weighted by molar-refractivity contribution is 6.00. The third-order valence-electron chi connectivity index (χ3n) is 4.16. The van der Waals surface area contributed by atoms with Gasteiger partial charge in [-0.05, 0) is 60.4 Å². The Bertz CT molecular complexity index is 888. The van der Waals surface area contributed by atoms with Crippen LogP contribution in [0.5, 0.6) is 0 Å². The molecule has 3 aromatic rings. The number of benzene rings is 2. The maximum atomic E-state index is 12.3. The normalized spacial score (nSPS) is 10.4. The van der Waals surface area contributed by atoms with Crippen LogP contribution in [0.25, 0.3) is 11.1 Å². The van der Waals surface area contributed by atoms with E-state index in [9.17, 15) is 4.79 Å². The van der Waals surface area contributed by atoms with Crippen molar-refractivity contribution in [3.63, 3.8) is 0 Å². The van der Waals surface area contributed by atoms with E-state index in [0.29, 0.717) is 0 Å². The molecule has 4 heteroatoms. The van der Waals surface area contributed by atoms with Crippen molar-refractivity contribution in [2.45, 2.75) is 26.7 Å². The molecule has 2 aromatic carbocycles. The van der Waals surface area contributed by atoms with Crippen molar-refractivity contribution in [2.24, 2.45) is 0 Å². The molecule has 0 unspecified atom stereocenters. The highest BCUT2D eigenvalue weighted by Crippen LogP contribution is 2.22. The first kappa shape index (κ1) is 17.7. The van der Waals surface area contributed by atoms with Gasteiger partial charge in [-0.1, -0.05) is 43.7 Å². The number of carbonyl (C=O) groups is 1. The molecular formula is C22H23N3O. The summed E-state index contributed by atoms with van der Waals surface area (Å²) in [6.07, 6.45) is 3.78.